The van der Waals surface area contributed by atoms with Crippen LogP contribution in [-0.4, -0.2) is 29.1 Å². The molecule has 1 aromatic rings. The van der Waals surface area contributed by atoms with Crippen LogP contribution < -0.4 is 11.1 Å². The van der Waals surface area contributed by atoms with Gasteiger partial charge in [-0.1, -0.05) is 13.8 Å². The highest BCUT2D eigenvalue weighted by atomic mass is 32.1. The van der Waals surface area contributed by atoms with Gasteiger partial charge in [-0.05, 0) is 20.3 Å². The zero-order valence-corrected chi connectivity index (χ0v) is 13.8. The molecule has 1 aromatic heterocycles. The third-order valence-electron chi connectivity index (χ3n) is 5.18. The number of carbonyl (C=O) groups excluding carboxylic acids is 1. The molecule has 1 amide bonds. The maximum absolute atomic E-state index is 12.8. The largest absolute Gasteiger partial charge is 0.377 e. The van der Waals surface area contributed by atoms with Gasteiger partial charge in [-0.25, -0.2) is 4.98 Å². The molecule has 3 N–H and O–H groups in total. The van der Waals surface area contributed by atoms with Crippen molar-refractivity contribution in [1.29, 1.82) is 0 Å². The zero-order chi connectivity index (χ0) is 15.4. The molecule has 5 nitrogen and oxygen atoms in total. The van der Waals surface area contributed by atoms with E-state index in [1.54, 1.807) is 11.3 Å². The molecule has 21 heavy (non-hydrogen) atoms. The first-order valence-corrected chi connectivity index (χ1v) is 8.30. The fourth-order valence-electron chi connectivity index (χ4n) is 3.79. The van der Waals surface area contributed by atoms with Gasteiger partial charge >= 0.3 is 0 Å². The summed E-state index contributed by atoms with van der Waals surface area (Å²) in [6.07, 6.45) is 0.966. The molecule has 0 bridgehead atoms. The Balaban J connectivity index is 1.76. The number of aryl methyl sites for hydroxylation is 1. The zero-order valence-electron chi connectivity index (χ0n) is 13.0. The Morgan fingerprint density at radius 3 is 2.95 bits per heavy atom. The van der Waals surface area contributed by atoms with Gasteiger partial charge < -0.3 is 15.8 Å². The van der Waals surface area contributed by atoms with E-state index in [1.165, 1.54) is 0 Å². The number of amides is 1. The van der Waals surface area contributed by atoms with Crippen LogP contribution in [0.3, 0.4) is 0 Å². The molecular weight excluding hydrogens is 286 g/mol. The predicted molar refractivity (Wildman–Crippen MR) is 82.0 cm³/mol. The molecule has 2 heterocycles. The van der Waals surface area contributed by atoms with Crippen LogP contribution in [0.1, 0.15) is 43.9 Å². The number of fused-ring (bicyclic) bond motifs is 1. The average molecular weight is 309 g/mol. The van der Waals surface area contributed by atoms with Crippen LogP contribution >= 0.6 is 11.3 Å². The Morgan fingerprint density at radius 1 is 1.62 bits per heavy atom. The van der Waals surface area contributed by atoms with E-state index in [1.807, 2.05) is 33.1 Å². The minimum Gasteiger partial charge on any atom is -0.377 e. The number of aromatic nitrogens is 1. The Hall–Kier alpha value is -0.980. The highest BCUT2D eigenvalue weighted by Gasteiger charge is 2.71. The number of thiazole rings is 1. The third-order valence-corrected chi connectivity index (χ3v) is 6.33. The van der Waals surface area contributed by atoms with Crippen LogP contribution in [0.2, 0.25) is 0 Å². The van der Waals surface area contributed by atoms with Gasteiger partial charge in [-0.2, -0.15) is 0 Å². The smallest absolute Gasteiger partial charge is 0.241 e. The molecule has 0 radical (unpaired) electrons. The fraction of sp³-hybridized carbons (Fsp3) is 0.733. The second-order valence-electron chi connectivity index (χ2n) is 6.80. The molecule has 116 valence electrons. The SMILES string of the molecule is Cc1csc(C(C)NC(=O)C2(N)C3CCOC3C2(C)C)n1. The van der Waals surface area contributed by atoms with Gasteiger partial charge in [0.15, 0.2) is 0 Å². The minimum atomic E-state index is -0.852. The van der Waals surface area contributed by atoms with Crippen molar-refractivity contribution >= 4 is 17.2 Å². The van der Waals surface area contributed by atoms with Crippen molar-refractivity contribution in [2.24, 2.45) is 17.1 Å². The van der Waals surface area contributed by atoms with Crippen LogP contribution in [0.5, 0.6) is 0 Å². The minimum absolute atomic E-state index is 0.0837. The van der Waals surface area contributed by atoms with E-state index >= 15 is 0 Å². The Labute approximate surface area is 129 Å². The Morgan fingerprint density at radius 2 is 2.33 bits per heavy atom. The Bertz CT molecular complexity index is 571. The summed E-state index contributed by atoms with van der Waals surface area (Å²) in [5.41, 5.74) is 6.32. The van der Waals surface area contributed by atoms with E-state index in [2.05, 4.69) is 10.3 Å². The van der Waals surface area contributed by atoms with E-state index < -0.39 is 5.54 Å². The summed E-state index contributed by atoms with van der Waals surface area (Å²) < 4.78 is 5.74. The van der Waals surface area contributed by atoms with E-state index in [0.717, 1.165) is 17.1 Å². The molecule has 4 unspecified atom stereocenters. The summed E-state index contributed by atoms with van der Waals surface area (Å²) in [5, 5.41) is 5.96. The number of carbonyl (C=O) groups is 1. The van der Waals surface area contributed by atoms with Crippen LogP contribution in [0.25, 0.3) is 0 Å². The normalized spacial score (nSPS) is 34.9. The van der Waals surface area contributed by atoms with Crippen molar-refractivity contribution in [3.63, 3.8) is 0 Å². The van der Waals surface area contributed by atoms with Crippen molar-refractivity contribution in [3.8, 4) is 0 Å². The summed E-state index contributed by atoms with van der Waals surface area (Å²) in [6.45, 7) is 8.66. The third kappa shape index (κ3) is 1.96. The number of hydrogen-bond donors (Lipinski definition) is 2. The lowest BCUT2D eigenvalue weighted by Gasteiger charge is -2.60. The van der Waals surface area contributed by atoms with Gasteiger partial charge in [0, 0.05) is 29.0 Å². The lowest BCUT2D eigenvalue weighted by molar-refractivity contribution is -0.175. The van der Waals surface area contributed by atoms with Gasteiger partial charge in [0.2, 0.25) is 5.91 Å². The molecule has 6 heteroatoms. The number of nitrogens with one attached hydrogen (secondary N) is 1. The molecule has 1 aliphatic carbocycles. The molecule has 3 rings (SSSR count). The van der Waals surface area contributed by atoms with Crippen molar-refractivity contribution in [3.05, 3.63) is 16.1 Å². The van der Waals surface area contributed by atoms with Crippen molar-refractivity contribution in [2.45, 2.75) is 51.8 Å². The van der Waals surface area contributed by atoms with Crippen molar-refractivity contribution in [2.75, 3.05) is 6.61 Å². The molecular formula is C15H23N3O2S. The maximum atomic E-state index is 12.8. The first-order valence-electron chi connectivity index (χ1n) is 7.42. The Kier molecular flexibility index (Phi) is 3.39. The summed E-state index contributed by atoms with van der Waals surface area (Å²) in [6, 6.07) is -0.117. The lowest BCUT2D eigenvalue weighted by atomic mass is 9.48. The van der Waals surface area contributed by atoms with E-state index in [4.69, 9.17) is 10.5 Å². The topological polar surface area (TPSA) is 77.2 Å². The van der Waals surface area contributed by atoms with Gasteiger partial charge in [0.1, 0.15) is 10.5 Å². The summed E-state index contributed by atoms with van der Waals surface area (Å²) >= 11 is 1.56. The quantitative estimate of drug-likeness (QED) is 0.892. The molecule has 1 saturated carbocycles. The fourth-order valence-corrected chi connectivity index (χ4v) is 4.60. The monoisotopic (exact) mass is 309 g/mol. The van der Waals surface area contributed by atoms with Gasteiger partial charge in [0.05, 0.1) is 12.1 Å². The highest BCUT2D eigenvalue weighted by Crippen LogP contribution is 2.58. The van der Waals surface area contributed by atoms with Gasteiger partial charge in [-0.3, -0.25) is 4.79 Å². The van der Waals surface area contributed by atoms with E-state index in [0.29, 0.717) is 6.61 Å². The molecule has 2 aliphatic rings. The second-order valence-corrected chi connectivity index (χ2v) is 7.69. The molecule has 1 saturated heterocycles. The first kappa shape index (κ1) is 14.9. The van der Waals surface area contributed by atoms with Crippen molar-refractivity contribution in [1.82, 2.24) is 10.3 Å². The van der Waals surface area contributed by atoms with Gasteiger partial charge in [0.25, 0.3) is 0 Å². The summed E-state index contributed by atoms with van der Waals surface area (Å²) in [4.78, 5) is 17.2. The number of rotatable bonds is 3. The average Bonchev–Trinajstić information content (AvgIpc) is 3.05. The molecule has 1 aliphatic heterocycles. The molecule has 0 spiro atoms. The number of nitrogens with two attached hydrogens (primary N) is 1. The van der Waals surface area contributed by atoms with E-state index in [9.17, 15) is 4.79 Å². The second kappa shape index (κ2) is 4.76. The molecule has 0 aromatic carbocycles. The summed E-state index contributed by atoms with van der Waals surface area (Å²) in [5.74, 6) is 0.0392. The number of ether oxygens (including phenoxy) is 1. The van der Waals surface area contributed by atoms with Gasteiger partial charge in [-0.15, -0.1) is 11.3 Å². The van der Waals surface area contributed by atoms with Crippen LogP contribution in [0, 0.1) is 18.3 Å². The number of nitrogens with zero attached hydrogens (tertiary/aromatic N) is 1. The predicted octanol–water partition coefficient (Wildman–Crippen LogP) is 1.77. The van der Waals surface area contributed by atoms with Crippen LogP contribution in [0.15, 0.2) is 5.38 Å². The lowest BCUT2D eigenvalue weighted by Crippen LogP contribution is -2.80. The number of hydrogen-bond acceptors (Lipinski definition) is 5. The highest BCUT2D eigenvalue weighted by molar-refractivity contribution is 7.09. The van der Waals surface area contributed by atoms with E-state index in [-0.39, 0.29) is 29.4 Å². The summed E-state index contributed by atoms with van der Waals surface area (Å²) in [7, 11) is 0. The maximum Gasteiger partial charge on any atom is 0.241 e. The van der Waals surface area contributed by atoms with Crippen LogP contribution in [-0.2, 0) is 9.53 Å². The van der Waals surface area contributed by atoms with Crippen molar-refractivity contribution < 1.29 is 9.53 Å². The standard InChI is InChI=1S/C15H23N3O2S/c1-8-7-21-12(17-8)9(2)18-13(19)15(16)10-5-6-20-11(10)14(15,3)4/h7,9-11H,5-6,16H2,1-4H3,(H,18,19). The van der Waals surface area contributed by atoms with Crippen LogP contribution in [0.4, 0.5) is 0 Å². The first-order chi connectivity index (χ1) is 9.78. The molecule has 4 atom stereocenters. The molecule has 2 fully saturated rings.